The molecule has 0 bridgehead atoms. The molecule has 2 aromatic carbocycles. The summed E-state index contributed by atoms with van der Waals surface area (Å²) in [4.78, 5) is 24.3. The number of esters is 1. The number of hydrogen-bond acceptors (Lipinski definition) is 5. The van der Waals surface area contributed by atoms with E-state index in [9.17, 15) is 9.59 Å². The van der Waals surface area contributed by atoms with E-state index < -0.39 is 18.5 Å². The smallest absolute Gasteiger partial charge is 0.375 e. The number of ether oxygens (including phenoxy) is 2. The lowest BCUT2D eigenvalue weighted by Crippen LogP contribution is -2.21. The number of furan rings is 1. The molecule has 27 heavy (non-hydrogen) atoms. The monoisotopic (exact) mass is 367 g/mol. The number of rotatable bonds is 6. The Kier molecular flexibility index (Phi) is 5.45. The topological polar surface area (TPSA) is 77.8 Å². The first-order valence-corrected chi connectivity index (χ1v) is 8.65. The number of hydrogen-bond donors (Lipinski definition) is 1. The molecule has 1 aromatic heterocycles. The first kappa shape index (κ1) is 18.5. The van der Waals surface area contributed by atoms with Gasteiger partial charge in [0.1, 0.15) is 11.3 Å². The quantitative estimate of drug-likeness (QED) is 0.664. The van der Waals surface area contributed by atoms with E-state index in [1.165, 1.54) is 5.56 Å². The molecule has 1 N–H and O–H groups in total. The van der Waals surface area contributed by atoms with Crippen LogP contribution in [0.1, 0.15) is 28.6 Å². The molecule has 140 valence electrons. The van der Waals surface area contributed by atoms with Crippen molar-refractivity contribution in [3.8, 4) is 5.75 Å². The van der Waals surface area contributed by atoms with Crippen molar-refractivity contribution in [2.45, 2.75) is 20.3 Å². The molecule has 0 radical (unpaired) electrons. The van der Waals surface area contributed by atoms with Crippen molar-refractivity contribution in [3.05, 3.63) is 59.4 Å². The Hall–Kier alpha value is -3.28. The third-order valence-corrected chi connectivity index (χ3v) is 4.31. The van der Waals surface area contributed by atoms with Crippen molar-refractivity contribution in [3.63, 3.8) is 0 Å². The van der Waals surface area contributed by atoms with Crippen LogP contribution in [-0.4, -0.2) is 25.6 Å². The van der Waals surface area contributed by atoms with Gasteiger partial charge in [0, 0.05) is 16.6 Å². The molecule has 0 fully saturated rings. The highest BCUT2D eigenvalue weighted by molar-refractivity contribution is 5.98. The molecule has 3 aromatic rings. The van der Waals surface area contributed by atoms with Crippen LogP contribution in [0.15, 0.2) is 46.9 Å². The third kappa shape index (κ3) is 4.11. The molecule has 0 aliphatic heterocycles. The second-order valence-corrected chi connectivity index (χ2v) is 6.09. The molecule has 0 aliphatic rings. The second-order valence-electron chi connectivity index (χ2n) is 6.09. The molecule has 0 saturated carbocycles. The highest BCUT2D eigenvalue weighted by atomic mass is 16.5. The van der Waals surface area contributed by atoms with Crippen LogP contribution in [0.2, 0.25) is 0 Å². The molecule has 0 atom stereocenters. The SMILES string of the molecule is CCc1ccc(NC(=O)COC(=O)c2oc3ccc(OC)cc3c2C)cc1. The van der Waals surface area contributed by atoms with Crippen LogP contribution in [0.5, 0.6) is 5.75 Å². The number of aryl methyl sites for hydroxylation is 2. The minimum Gasteiger partial charge on any atom is -0.497 e. The van der Waals surface area contributed by atoms with Gasteiger partial charge in [0.05, 0.1) is 7.11 Å². The largest absolute Gasteiger partial charge is 0.497 e. The fraction of sp³-hybridized carbons (Fsp3) is 0.238. The molecule has 6 nitrogen and oxygen atoms in total. The second kappa shape index (κ2) is 7.95. The van der Waals surface area contributed by atoms with Gasteiger partial charge in [0.2, 0.25) is 5.76 Å². The zero-order chi connectivity index (χ0) is 19.4. The van der Waals surface area contributed by atoms with Crippen LogP contribution >= 0.6 is 0 Å². The predicted molar refractivity (Wildman–Crippen MR) is 102 cm³/mol. The Balaban J connectivity index is 1.63. The van der Waals surface area contributed by atoms with Gasteiger partial charge in [-0.2, -0.15) is 0 Å². The maximum absolute atomic E-state index is 12.3. The van der Waals surface area contributed by atoms with Gasteiger partial charge in [-0.05, 0) is 49.2 Å². The fourth-order valence-electron chi connectivity index (χ4n) is 2.74. The van der Waals surface area contributed by atoms with E-state index >= 15 is 0 Å². The van der Waals surface area contributed by atoms with E-state index in [-0.39, 0.29) is 5.76 Å². The van der Waals surface area contributed by atoms with Gasteiger partial charge in [-0.1, -0.05) is 19.1 Å². The summed E-state index contributed by atoms with van der Waals surface area (Å²) in [6, 6.07) is 12.8. The van der Waals surface area contributed by atoms with Crippen molar-refractivity contribution in [1.29, 1.82) is 0 Å². The van der Waals surface area contributed by atoms with Crippen molar-refractivity contribution >= 4 is 28.5 Å². The summed E-state index contributed by atoms with van der Waals surface area (Å²) in [7, 11) is 1.57. The van der Waals surface area contributed by atoms with Crippen LogP contribution in [0.4, 0.5) is 5.69 Å². The summed E-state index contributed by atoms with van der Waals surface area (Å²) in [5.74, 6) is -0.347. The summed E-state index contributed by atoms with van der Waals surface area (Å²) < 4.78 is 15.9. The van der Waals surface area contributed by atoms with Gasteiger partial charge in [-0.15, -0.1) is 0 Å². The zero-order valence-corrected chi connectivity index (χ0v) is 15.5. The number of fused-ring (bicyclic) bond motifs is 1. The Morgan fingerprint density at radius 2 is 1.85 bits per heavy atom. The van der Waals surface area contributed by atoms with Crippen LogP contribution in [0, 0.1) is 6.92 Å². The molecular formula is C21H21NO5. The molecule has 3 rings (SSSR count). The number of anilines is 1. The maximum Gasteiger partial charge on any atom is 0.375 e. The van der Waals surface area contributed by atoms with E-state index in [1.54, 1.807) is 32.2 Å². The maximum atomic E-state index is 12.3. The van der Waals surface area contributed by atoms with Gasteiger partial charge < -0.3 is 19.2 Å². The Morgan fingerprint density at radius 1 is 1.11 bits per heavy atom. The van der Waals surface area contributed by atoms with Gasteiger partial charge in [0.25, 0.3) is 5.91 Å². The number of carbonyl (C=O) groups is 2. The average Bonchev–Trinajstić information content (AvgIpc) is 3.02. The summed E-state index contributed by atoms with van der Waals surface area (Å²) in [5.41, 5.74) is 3.03. The van der Waals surface area contributed by atoms with Crippen LogP contribution in [0.3, 0.4) is 0 Å². The average molecular weight is 367 g/mol. The van der Waals surface area contributed by atoms with E-state index in [4.69, 9.17) is 13.9 Å². The van der Waals surface area contributed by atoms with Crippen molar-refractivity contribution in [2.24, 2.45) is 0 Å². The van der Waals surface area contributed by atoms with E-state index in [0.29, 0.717) is 22.6 Å². The number of methoxy groups -OCH3 is 1. The molecular weight excluding hydrogens is 346 g/mol. The van der Waals surface area contributed by atoms with Crippen LogP contribution in [-0.2, 0) is 16.0 Å². The number of benzene rings is 2. The minimum atomic E-state index is -0.681. The third-order valence-electron chi connectivity index (χ3n) is 4.31. The van der Waals surface area contributed by atoms with Crippen LogP contribution in [0.25, 0.3) is 11.0 Å². The summed E-state index contributed by atoms with van der Waals surface area (Å²) in [6.07, 6.45) is 0.925. The fourth-order valence-corrected chi connectivity index (χ4v) is 2.74. The molecule has 1 heterocycles. The van der Waals surface area contributed by atoms with E-state index in [0.717, 1.165) is 11.8 Å². The highest BCUT2D eigenvalue weighted by Crippen LogP contribution is 2.29. The summed E-state index contributed by atoms with van der Waals surface area (Å²) in [6.45, 7) is 3.43. The Morgan fingerprint density at radius 3 is 2.52 bits per heavy atom. The molecule has 6 heteroatoms. The van der Waals surface area contributed by atoms with E-state index in [1.807, 2.05) is 24.3 Å². The minimum absolute atomic E-state index is 0.0818. The first-order valence-electron chi connectivity index (χ1n) is 8.65. The van der Waals surface area contributed by atoms with Crippen LogP contribution < -0.4 is 10.1 Å². The lowest BCUT2D eigenvalue weighted by Gasteiger charge is -2.06. The van der Waals surface area contributed by atoms with Gasteiger partial charge in [-0.3, -0.25) is 4.79 Å². The standard InChI is InChI=1S/C21H21NO5/c1-4-14-5-7-15(8-6-14)22-19(23)12-26-21(24)20-13(2)17-11-16(25-3)9-10-18(17)27-20/h5-11H,4,12H2,1-3H3,(H,22,23). The van der Waals surface area contributed by atoms with Gasteiger partial charge >= 0.3 is 5.97 Å². The highest BCUT2D eigenvalue weighted by Gasteiger charge is 2.20. The Labute approximate surface area is 157 Å². The Bertz CT molecular complexity index is 972. The van der Waals surface area contributed by atoms with Gasteiger partial charge in [0.15, 0.2) is 6.61 Å². The van der Waals surface area contributed by atoms with Crippen molar-refractivity contribution in [2.75, 3.05) is 19.0 Å². The molecule has 0 aliphatic carbocycles. The lowest BCUT2D eigenvalue weighted by atomic mass is 10.1. The number of nitrogens with one attached hydrogen (secondary N) is 1. The molecule has 0 saturated heterocycles. The van der Waals surface area contributed by atoms with Crippen molar-refractivity contribution in [1.82, 2.24) is 0 Å². The summed E-state index contributed by atoms with van der Waals surface area (Å²) >= 11 is 0. The predicted octanol–water partition coefficient (Wildman–Crippen LogP) is 4.11. The number of carbonyl (C=O) groups excluding carboxylic acids is 2. The molecule has 1 amide bonds. The molecule has 0 unspecified atom stereocenters. The van der Waals surface area contributed by atoms with Gasteiger partial charge in [-0.25, -0.2) is 4.79 Å². The van der Waals surface area contributed by atoms with Crippen molar-refractivity contribution < 1.29 is 23.5 Å². The zero-order valence-electron chi connectivity index (χ0n) is 15.5. The lowest BCUT2D eigenvalue weighted by molar-refractivity contribution is -0.119. The first-order chi connectivity index (χ1) is 13.0. The summed E-state index contributed by atoms with van der Waals surface area (Å²) in [5, 5.41) is 3.46. The number of amides is 1. The normalized spacial score (nSPS) is 10.6. The van der Waals surface area contributed by atoms with E-state index in [2.05, 4.69) is 12.2 Å². The molecule has 0 spiro atoms.